The largest absolute Gasteiger partial charge is 0.386 e. The van der Waals surface area contributed by atoms with Crippen LogP contribution in [0.4, 0.5) is 0 Å². The molecule has 2 rings (SSSR count). The maximum Gasteiger partial charge on any atom is 0.107 e. The van der Waals surface area contributed by atoms with Crippen molar-refractivity contribution < 1.29 is 5.11 Å². The van der Waals surface area contributed by atoms with E-state index < -0.39 is 6.10 Å². The van der Waals surface area contributed by atoms with Crippen LogP contribution >= 0.6 is 0 Å². The third-order valence-electron chi connectivity index (χ3n) is 2.43. The van der Waals surface area contributed by atoms with E-state index in [1.165, 1.54) is 0 Å². The fraction of sp³-hybridized carbons (Fsp3) is 0.214. The fourth-order valence-electron chi connectivity index (χ4n) is 1.57. The second kappa shape index (κ2) is 4.78. The van der Waals surface area contributed by atoms with Gasteiger partial charge in [-0.05, 0) is 19.1 Å². The molecule has 0 saturated heterocycles. The van der Waals surface area contributed by atoms with Crippen LogP contribution in [-0.2, 0) is 0 Å². The fourth-order valence-corrected chi connectivity index (χ4v) is 1.57. The molecule has 0 radical (unpaired) electrons. The Hall–Kier alpha value is -1.85. The summed E-state index contributed by atoms with van der Waals surface area (Å²) in [5.41, 5.74) is 1.59. The highest BCUT2D eigenvalue weighted by Crippen LogP contribution is 2.18. The molecule has 0 spiro atoms. The summed E-state index contributed by atoms with van der Waals surface area (Å²) in [4.78, 5) is 4.41. The van der Waals surface area contributed by atoms with Gasteiger partial charge in [0.25, 0.3) is 0 Å². The summed E-state index contributed by atoms with van der Waals surface area (Å²) in [5, 5.41) is 10.9. The number of para-hydroxylation sites is 1. The van der Waals surface area contributed by atoms with Crippen LogP contribution in [0.1, 0.15) is 25.1 Å². The smallest absolute Gasteiger partial charge is 0.107 e. The Morgan fingerprint density at radius 2 is 2.06 bits per heavy atom. The minimum absolute atomic E-state index is 0.432. The Balaban J connectivity index is 2.34. The number of fused-ring (bicyclic) bond motifs is 1. The number of hydrogen-bond acceptors (Lipinski definition) is 2. The standard InChI is InChI=1S/C14H13NO/c1-2-3-8-14(16)13-10-9-11-6-4-5-7-12(11)15-13/h4-7,9-10,14,16H,8H2,1H3. The number of hydrogen-bond donors (Lipinski definition) is 1. The molecule has 1 unspecified atom stereocenters. The van der Waals surface area contributed by atoms with Gasteiger partial charge >= 0.3 is 0 Å². The van der Waals surface area contributed by atoms with Gasteiger partial charge in [0.2, 0.25) is 0 Å². The van der Waals surface area contributed by atoms with Gasteiger partial charge in [0, 0.05) is 11.8 Å². The first-order valence-electron chi connectivity index (χ1n) is 5.24. The molecule has 2 aromatic rings. The van der Waals surface area contributed by atoms with Crippen molar-refractivity contribution in [2.45, 2.75) is 19.4 Å². The molecule has 0 aliphatic heterocycles. The third-order valence-corrected chi connectivity index (χ3v) is 2.43. The summed E-state index contributed by atoms with van der Waals surface area (Å²) >= 11 is 0. The Morgan fingerprint density at radius 3 is 2.88 bits per heavy atom. The van der Waals surface area contributed by atoms with Crippen molar-refractivity contribution in [2.24, 2.45) is 0 Å². The topological polar surface area (TPSA) is 33.1 Å². The van der Waals surface area contributed by atoms with E-state index in [0.29, 0.717) is 12.1 Å². The van der Waals surface area contributed by atoms with E-state index in [1.54, 1.807) is 6.92 Å². The predicted octanol–water partition coefficient (Wildman–Crippen LogP) is 2.68. The molecule has 80 valence electrons. The van der Waals surface area contributed by atoms with Crippen molar-refractivity contribution >= 4 is 10.9 Å². The van der Waals surface area contributed by atoms with E-state index >= 15 is 0 Å². The van der Waals surface area contributed by atoms with Gasteiger partial charge in [0.05, 0.1) is 11.2 Å². The third kappa shape index (κ3) is 2.21. The highest BCUT2D eigenvalue weighted by Gasteiger charge is 2.07. The second-order valence-corrected chi connectivity index (χ2v) is 3.58. The molecule has 0 saturated carbocycles. The van der Waals surface area contributed by atoms with E-state index in [0.717, 1.165) is 10.9 Å². The Labute approximate surface area is 95.0 Å². The highest BCUT2D eigenvalue weighted by molar-refractivity contribution is 5.78. The molecule has 1 aromatic heterocycles. The molecule has 0 fully saturated rings. The van der Waals surface area contributed by atoms with Gasteiger partial charge < -0.3 is 5.11 Å². The monoisotopic (exact) mass is 211 g/mol. The zero-order chi connectivity index (χ0) is 11.4. The summed E-state index contributed by atoms with van der Waals surface area (Å²) in [5.74, 6) is 5.62. The molecule has 0 amide bonds. The number of aromatic nitrogens is 1. The van der Waals surface area contributed by atoms with Crippen molar-refractivity contribution in [3.8, 4) is 11.8 Å². The SMILES string of the molecule is CC#CCC(O)c1ccc2ccccc2n1. The molecular weight excluding hydrogens is 198 g/mol. The quantitative estimate of drug-likeness (QED) is 0.775. The normalized spacial score (nSPS) is 11.9. The predicted molar refractivity (Wildman–Crippen MR) is 64.8 cm³/mol. The lowest BCUT2D eigenvalue weighted by Gasteiger charge is -2.07. The molecule has 1 atom stereocenters. The molecule has 1 aromatic carbocycles. The average molecular weight is 211 g/mol. The van der Waals surface area contributed by atoms with Crippen molar-refractivity contribution in [2.75, 3.05) is 0 Å². The van der Waals surface area contributed by atoms with Gasteiger partial charge in [0.1, 0.15) is 6.10 Å². The minimum Gasteiger partial charge on any atom is -0.386 e. The zero-order valence-corrected chi connectivity index (χ0v) is 9.14. The van der Waals surface area contributed by atoms with Gasteiger partial charge in [-0.2, -0.15) is 0 Å². The highest BCUT2D eigenvalue weighted by atomic mass is 16.3. The van der Waals surface area contributed by atoms with Gasteiger partial charge in [-0.3, -0.25) is 4.98 Å². The van der Waals surface area contributed by atoms with Crippen LogP contribution in [-0.4, -0.2) is 10.1 Å². The maximum atomic E-state index is 9.85. The van der Waals surface area contributed by atoms with Crippen molar-refractivity contribution in [3.05, 3.63) is 42.1 Å². The molecule has 2 nitrogen and oxygen atoms in total. The summed E-state index contributed by atoms with van der Waals surface area (Å²) < 4.78 is 0. The summed E-state index contributed by atoms with van der Waals surface area (Å²) in [6, 6.07) is 11.7. The van der Waals surface area contributed by atoms with Crippen LogP contribution in [0.25, 0.3) is 10.9 Å². The molecule has 16 heavy (non-hydrogen) atoms. The van der Waals surface area contributed by atoms with E-state index in [2.05, 4.69) is 16.8 Å². The summed E-state index contributed by atoms with van der Waals surface area (Å²) in [7, 11) is 0. The molecule has 2 heteroatoms. The number of aliphatic hydroxyl groups excluding tert-OH is 1. The molecule has 1 N–H and O–H groups in total. The lowest BCUT2D eigenvalue weighted by molar-refractivity contribution is 0.179. The average Bonchev–Trinajstić information content (AvgIpc) is 2.35. The van der Waals surface area contributed by atoms with Crippen LogP contribution in [0.2, 0.25) is 0 Å². The molecule has 0 aliphatic carbocycles. The lowest BCUT2D eigenvalue weighted by Crippen LogP contribution is -1.99. The van der Waals surface area contributed by atoms with Crippen LogP contribution in [0.15, 0.2) is 36.4 Å². The van der Waals surface area contributed by atoms with Crippen molar-refractivity contribution in [1.82, 2.24) is 4.98 Å². The Morgan fingerprint density at radius 1 is 1.25 bits per heavy atom. The molecule has 0 bridgehead atoms. The van der Waals surface area contributed by atoms with E-state index in [1.807, 2.05) is 36.4 Å². The first-order valence-corrected chi connectivity index (χ1v) is 5.24. The van der Waals surface area contributed by atoms with E-state index in [9.17, 15) is 5.11 Å². The molecular formula is C14H13NO. The van der Waals surface area contributed by atoms with Crippen LogP contribution in [0.5, 0.6) is 0 Å². The van der Waals surface area contributed by atoms with Crippen LogP contribution in [0.3, 0.4) is 0 Å². The van der Waals surface area contributed by atoms with Crippen LogP contribution < -0.4 is 0 Å². The van der Waals surface area contributed by atoms with E-state index in [-0.39, 0.29) is 0 Å². The summed E-state index contributed by atoms with van der Waals surface area (Å²) in [6.07, 6.45) is -0.168. The van der Waals surface area contributed by atoms with Gasteiger partial charge in [-0.1, -0.05) is 24.3 Å². The second-order valence-electron chi connectivity index (χ2n) is 3.58. The number of benzene rings is 1. The Kier molecular flexibility index (Phi) is 3.19. The maximum absolute atomic E-state index is 9.85. The first-order chi connectivity index (χ1) is 7.81. The van der Waals surface area contributed by atoms with Crippen molar-refractivity contribution in [1.29, 1.82) is 0 Å². The number of rotatable bonds is 2. The minimum atomic E-state index is -0.600. The zero-order valence-electron chi connectivity index (χ0n) is 9.14. The summed E-state index contributed by atoms with van der Waals surface area (Å²) in [6.45, 7) is 1.76. The molecule has 0 aliphatic rings. The van der Waals surface area contributed by atoms with Gasteiger partial charge in [0.15, 0.2) is 0 Å². The number of pyridine rings is 1. The van der Waals surface area contributed by atoms with E-state index in [4.69, 9.17) is 0 Å². The number of aliphatic hydroxyl groups is 1. The Bertz CT molecular complexity index is 551. The van der Waals surface area contributed by atoms with Crippen LogP contribution in [0, 0.1) is 11.8 Å². The van der Waals surface area contributed by atoms with Gasteiger partial charge in [-0.15, -0.1) is 11.8 Å². The first kappa shape index (κ1) is 10.7. The number of nitrogens with zero attached hydrogens (tertiary/aromatic N) is 1. The van der Waals surface area contributed by atoms with Crippen molar-refractivity contribution in [3.63, 3.8) is 0 Å². The lowest BCUT2D eigenvalue weighted by atomic mass is 10.1. The van der Waals surface area contributed by atoms with Gasteiger partial charge in [-0.25, -0.2) is 0 Å². The molecule has 1 heterocycles.